The number of unbranched alkanes of at least 4 members (excludes halogenated alkanes) is 7. The minimum atomic E-state index is 1.29. The fourth-order valence-electron chi connectivity index (χ4n) is 2.48. The molecule has 17 heavy (non-hydrogen) atoms. The molecule has 0 atom stereocenters. The van der Waals surface area contributed by atoms with Crippen molar-refractivity contribution in [2.75, 3.05) is 0 Å². The van der Waals surface area contributed by atoms with Crippen molar-refractivity contribution < 1.29 is 0 Å². The van der Waals surface area contributed by atoms with Gasteiger partial charge < -0.3 is 0 Å². The zero-order chi connectivity index (χ0) is 12.3. The van der Waals surface area contributed by atoms with Crippen LogP contribution < -0.4 is 0 Å². The van der Waals surface area contributed by atoms with E-state index in [9.17, 15) is 0 Å². The summed E-state index contributed by atoms with van der Waals surface area (Å²) < 4.78 is 0. The molecule has 0 aromatic carbocycles. The molecule has 0 nitrogen and oxygen atoms in total. The maximum absolute atomic E-state index is 2.36. The van der Waals surface area contributed by atoms with Crippen molar-refractivity contribution >= 4 is 0 Å². The third-order valence-electron chi connectivity index (χ3n) is 3.80. The van der Waals surface area contributed by atoms with Crippen LogP contribution in [-0.2, 0) is 0 Å². The second kappa shape index (κ2) is 9.50. The molecular formula is C17H30. The van der Waals surface area contributed by atoms with Crippen LogP contribution in [0.2, 0.25) is 0 Å². The minimum absolute atomic E-state index is 1.29. The molecule has 0 amide bonds. The van der Waals surface area contributed by atoms with Gasteiger partial charge in [0.1, 0.15) is 0 Å². The summed E-state index contributed by atoms with van der Waals surface area (Å²) in [6, 6.07) is 0. The van der Waals surface area contributed by atoms with Gasteiger partial charge in [-0.15, -0.1) is 0 Å². The second-order valence-electron chi connectivity index (χ2n) is 5.56. The summed E-state index contributed by atoms with van der Waals surface area (Å²) >= 11 is 0. The summed E-state index contributed by atoms with van der Waals surface area (Å²) in [6.07, 6.45) is 20.1. The van der Waals surface area contributed by atoms with Crippen molar-refractivity contribution in [2.24, 2.45) is 0 Å². The maximum Gasteiger partial charge on any atom is -0.0280 e. The van der Waals surface area contributed by atoms with Crippen LogP contribution in [0.5, 0.6) is 0 Å². The Morgan fingerprint density at radius 1 is 0.824 bits per heavy atom. The zero-order valence-electron chi connectivity index (χ0n) is 11.9. The highest BCUT2D eigenvalue weighted by atomic mass is 14.1. The lowest BCUT2D eigenvalue weighted by atomic mass is 9.95. The third-order valence-corrected chi connectivity index (χ3v) is 3.80. The van der Waals surface area contributed by atoms with E-state index in [0.29, 0.717) is 0 Å². The van der Waals surface area contributed by atoms with Crippen LogP contribution >= 0.6 is 0 Å². The SMILES string of the molecule is CCCCCCCCCCC1=CC=C(C)CC1. The zero-order valence-corrected chi connectivity index (χ0v) is 11.9. The van der Waals surface area contributed by atoms with Gasteiger partial charge in [-0.05, 0) is 32.6 Å². The average molecular weight is 234 g/mol. The van der Waals surface area contributed by atoms with Gasteiger partial charge in [-0.1, -0.05) is 75.2 Å². The molecule has 0 unspecified atom stereocenters. The first kappa shape index (κ1) is 14.5. The lowest BCUT2D eigenvalue weighted by Crippen LogP contribution is -1.91. The molecule has 0 aromatic rings. The Labute approximate surface area is 108 Å². The summed E-state index contributed by atoms with van der Waals surface area (Å²) in [5, 5.41) is 0. The lowest BCUT2D eigenvalue weighted by molar-refractivity contribution is 0.572. The highest BCUT2D eigenvalue weighted by molar-refractivity contribution is 5.22. The first-order valence-electron chi connectivity index (χ1n) is 7.68. The first-order valence-corrected chi connectivity index (χ1v) is 7.68. The molecule has 1 rings (SSSR count). The van der Waals surface area contributed by atoms with Crippen LogP contribution in [0.25, 0.3) is 0 Å². The molecule has 0 fully saturated rings. The van der Waals surface area contributed by atoms with E-state index in [4.69, 9.17) is 0 Å². The molecule has 1 aliphatic carbocycles. The molecule has 0 radical (unpaired) electrons. The van der Waals surface area contributed by atoms with Gasteiger partial charge in [0.2, 0.25) is 0 Å². The van der Waals surface area contributed by atoms with E-state index >= 15 is 0 Å². The smallest absolute Gasteiger partial charge is 0.0280 e. The van der Waals surface area contributed by atoms with Gasteiger partial charge in [-0.3, -0.25) is 0 Å². The normalized spacial score (nSPS) is 15.6. The molecule has 0 heteroatoms. The molecule has 0 saturated carbocycles. The highest BCUT2D eigenvalue weighted by Gasteiger charge is 2.02. The molecule has 98 valence electrons. The molecular weight excluding hydrogens is 204 g/mol. The predicted octanol–water partition coefficient (Wildman–Crippen LogP) is 6.18. The van der Waals surface area contributed by atoms with Crippen LogP contribution in [0.1, 0.15) is 84.5 Å². The standard InChI is InChI=1S/C17H30/c1-3-4-5-6-7-8-9-10-11-17-14-12-16(2)13-15-17/h12,14H,3-11,13,15H2,1-2H3. The van der Waals surface area contributed by atoms with E-state index in [0.717, 1.165) is 0 Å². The van der Waals surface area contributed by atoms with Gasteiger partial charge in [-0.2, -0.15) is 0 Å². The van der Waals surface area contributed by atoms with Crippen LogP contribution in [0.4, 0.5) is 0 Å². The first-order chi connectivity index (χ1) is 8.33. The number of hydrogen-bond acceptors (Lipinski definition) is 0. The molecule has 0 bridgehead atoms. The summed E-state index contributed by atoms with van der Waals surface area (Å²) in [4.78, 5) is 0. The second-order valence-corrected chi connectivity index (χ2v) is 5.56. The van der Waals surface area contributed by atoms with Crippen molar-refractivity contribution in [3.63, 3.8) is 0 Å². The van der Waals surface area contributed by atoms with Gasteiger partial charge >= 0.3 is 0 Å². The highest BCUT2D eigenvalue weighted by Crippen LogP contribution is 2.22. The van der Waals surface area contributed by atoms with Crippen molar-refractivity contribution in [1.29, 1.82) is 0 Å². The van der Waals surface area contributed by atoms with Gasteiger partial charge in [0.15, 0.2) is 0 Å². The van der Waals surface area contributed by atoms with Crippen LogP contribution in [0.15, 0.2) is 23.3 Å². The fourth-order valence-corrected chi connectivity index (χ4v) is 2.48. The monoisotopic (exact) mass is 234 g/mol. The van der Waals surface area contributed by atoms with Gasteiger partial charge in [0, 0.05) is 0 Å². The third kappa shape index (κ3) is 7.41. The largest absolute Gasteiger partial charge is 0.0730 e. The number of rotatable bonds is 9. The molecule has 1 aliphatic rings. The molecule has 0 N–H and O–H groups in total. The maximum atomic E-state index is 2.36. The summed E-state index contributed by atoms with van der Waals surface area (Å²) in [7, 11) is 0. The Balaban J connectivity index is 1.91. The lowest BCUT2D eigenvalue weighted by Gasteiger charge is -2.11. The van der Waals surface area contributed by atoms with Crippen molar-refractivity contribution in [3.05, 3.63) is 23.3 Å². The van der Waals surface area contributed by atoms with Crippen LogP contribution in [0.3, 0.4) is 0 Å². The minimum Gasteiger partial charge on any atom is -0.0730 e. The Morgan fingerprint density at radius 3 is 2.06 bits per heavy atom. The van der Waals surface area contributed by atoms with Gasteiger partial charge in [0.05, 0.1) is 0 Å². The Morgan fingerprint density at radius 2 is 1.47 bits per heavy atom. The van der Waals surface area contributed by atoms with Crippen LogP contribution in [-0.4, -0.2) is 0 Å². The Hall–Kier alpha value is -0.520. The Bertz CT molecular complexity index is 245. The quantitative estimate of drug-likeness (QED) is 0.418. The number of allylic oxidation sites excluding steroid dienone is 4. The topological polar surface area (TPSA) is 0 Å². The van der Waals surface area contributed by atoms with E-state index in [2.05, 4.69) is 26.0 Å². The van der Waals surface area contributed by atoms with E-state index in [1.54, 1.807) is 11.1 Å². The Kier molecular flexibility index (Phi) is 8.13. The summed E-state index contributed by atoms with van der Waals surface area (Å²) in [6.45, 7) is 4.53. The fraction of sp³-hybridized carbons (Fsp3) is 0.765. The van der Waals surface area contributed by atoms with E-state index < -0.39 is 0 Å². The number of hydrogen-bond donors (Lipinski definition) is 0. The summed E-state index contributed by atoms with van der Waals surface area (Å²) in [5.74, 6) is 0. The average Bonchev–Trinajstić information content (AvgIpc) is 2.35. The van der Waals surface area contributed by atoms with Crippen molar-refractivity contribution in [2.45, 2.75) is 84.5 Å². The molecule has 0 saturated heterocycles. The molecule has 0 spiro atoms. The predicted molar refractivity (Wildman–Crippen MR) is 78.3 cm³/mol. The van der Waals surface area contributed by atoms with Gasteiger partial charge in [-0.25, -0.2) is 0 Å². The van der Waals surface area contributed by atoms with Crippen LogP contribution in [0, 0.1) is 0 Å². The van der Waals surface area contributed by atoms with Gasteiger partial charge in [0.25, 0.3) is 0 Å². The molecule has 0 heterocycles. The van der Waals surface area contributed by atoms with E-state index in [1.807, 2.05) is 0 Å². The van der Waals surface area contributed by atoms with Crippen molar-refractivity contribution in [1.82, 2.24) is 0 Å². The van der Waals surface area contributed by atoms with E-state index in [-0.39, 0.29) is 0 Å². The summed E-state index contributed by atoms with van der Waals surface area (Å²) in [5.41, 5.74) is 3.23. The van der Waals surface area contributed by atoms with Crippen molar-refractivity contribution in [3.8, 4) is 0 Å². The van der Waals surface area contributed by atoms with E-state index in [1.165, 1.54) is 70.6 Å². The molecule has 0 aromatic heterocycles. The molecule has 0 aliphatic heterocycles.